The van der Waals surface area contributed by atoms with Gasteiger partial charge in [-0.1, -0.05) is 15.9 Å². The zero-order valence-electron chi connectivity index (χ0n) is 5.04. The summed E-state index contributed by atoms with van der Waals surface area (Å²) in [4.78, 5) is 4.16. The summed E-state index contributed by atoms with van der Waals surface area (Å²) in [6.07, 6.45) is 0. The molecule has 0 aliphatic rings. The van der Waals surface area contributed by atoms with Crippen LogP contribution in [0.25, 0.3) is 10.2 Å². The average molecular weight is 214 g/mol. The number of rotatable bonds is 0. The highest BCUT2D eigenvalue weighted by Gasteiger charge is 1.94. The van der Waals surface area contributed by atoms with Crippen molar-refractivity contribution in [2.75, 3.05) is 0 Å². The fraction of sp³-hybridized carbons (Fsp3) is 0. The van der Waals surface area contributed by atoms with E-state index in [-0.39, 0.29) is 0 Å². The Morgan fingerprint density at radius 3 is 3.20 bits per heavy atom. The Labute approximate surface area is 70.8 Å². The maximum Gasteiger partial charge on any atom is 0.0812 e. The molecular formula is C7H4BrNS. The molecule has 0 amide bonds. The molecule has 1 aromatic carbocycles. The number of aromatic nitrogens is 1. The van der Waals surface area contributed by atoms with Crippen LogP contribution in [0.4, 0.5) is 0 Å². The second kappa shape index (κ2) is 2.32. The van der Waals surface area contributed by atoms with Crippen LogP contribution in [0, 0.1) is 0 Å². The highest BCUT2D eigenvalue weighted by Crippen LogP contribution is 2.21. The maximum atomic E-state index is 4.16. The minimum Gasteiger partial charge on any atom is -0.245 e. The summed E-state index contributed by atoms with van der Waals surface area (Å²) in [5, 5.41) is 0. The van der Waals surface area contributed by atoms with Gasteiger partial charge in [-0.05, 0) is 18.2 Å². The number of benzene rings is 1. The molecule has 2 rings (SSSR count). The topological polar surface area (TPSA) is 12.9 Å². The van der Waals surface area contributed by atoms with E-state index in [9.17, 15) is 0 Å². The van der Waals surface area contributed by atoms with Crippen molar-refractivity contribution in [2.24, 2.45) is 0 Å². The van der Waals surface area contributed by atoms with Gasteiger partial charge in [-0.2, -0.15) is 0 Å². The predicted molar refractivity (Wildman–Crippen MR) is 47.3 cm³/mol. The van der Waals surface area contributed by atoms with E-state index in [4.69, 9.17) is 0 Å². The van der Waals surface area contributed by atoms with E-state index >= 15 is 0 Å². The van der Waals surface area contributed by atoms with Crippen LogP contribution in [0.15, 0.2) is 28.2 Å². The van der Waals surface area contributed by atoms with Gasteiger partial charge in [-0.3, -0.25) is 0 Å². The average Bonchev–Trinajstić information content (AvgIpc) is 2.33. The first-order valence-electron chi connectivity index (χ1n) is 2.85. The van der Waals surface area contributed by atoms with E-state index in [1.54, 1.807) is 11.3 Å². The molecule has 0 bridgehead atoms. The van der Waals surface area contributed by atoms with Crippen molar-refractivity contribution in [3.8, 4) is 0 Å². The van der Waals surface area contributed by atoms with E-state index in [2.05, 4.69) is 27.0 Å². The smallest absolute Gasteiger partial charge is 0.0812 e. The number of halogens is 1. The second-order valence-electron chi connectivity index (χ2n) is 1.96. The molecule has 1 aromatic heterocycles. The van der Waals surface area contributed by atoms with Crippen LogP contribution in [0.5, 0.6) is 0 Å². The van der Waals surface area contributed by atoms with Crippen LogP contribution in [-0.2, 0) is 0 Å². The lowest BCUT2D eigenvalue weighted by Crippen LogP contribution is -1.65. The Bertz CT molecular complexity index is 355. The van der Waals surface area contributed by atoms with Crippen molar-refractivity contribution in [3.05, 3.63) is 28.2 Å². The highest BCUT2D eigenvalue weighted by atomic mass is 79.9. The molecular weight excluding hydrogens is 210 g/mol. The summed E-state index contributed by atoms with van der Waals surface area (Å²) < 4.78 is 2.35. The van der Waals surface area contributed by atoms with Gasteiger partial charge < -0.3 is 0 Å². The number of thiazole rings is 1. The molecule has 50 valence electrons. The Kier molecular flexibility index (Phi) is 1.47. The number of fused-ring (bicyclic) bond motifs is 1. The van der Waals surface area contributed by atoms with E-state index in [1.165, 1.54) is 4.70 Å². The normalized spacial score (nSPS) is 10.5. The third-order valence-electron chi connectivity index (χ3n) is 1.29. The van der Waals surface area contributed by atoms with E-state index in [0.29, 0.717) is 0 Å². The molecule has 0 radical (unpaired) electrons. The maximum absolute atomic E-state index is 4.16. The van der Waals surface area contributed by atoms with E-state index in [1.807, 2.05) is 17.6 Å². The first-order valence-corrected chi connectivity index (χ1v) is 4.52. The minimum atomic E-state index is 1.08. The molecule has 3 heteroatoms. The first kappa shape index (κ1) is 6.31. The van der Waals surface area contributed by atoms with Crippen molar-refractivity contribution >= 4 is 37.5 Å². The molecule has 0 saturated carbocycles. The van der Waals surface area contributed by atoms with E-state index in [0.717, 1.165) is 9.99 Å². The molecule has 2 aromatic rings. The van der Waals surface area contributed by atoms with Gasteiger partial charge in [0.05, 0.1) is 15.7 Å². The van der Waals surface area contributed by atoms with Crippen LogP contribution in [0.1, 0.15) is 0 Å². The quantitative estimate of drug-likeness (QED) is 0.656. The van der Waals surface area contributed by atoms with Crippen LogP contribution in [0.2, 0.25) is 0 Å². The van der Waals surface area contributed by atoms with Gasteiger partial charge in [0, 0.05) is 4.47 Å². The zero-order chi connectivity index (χ0) is 6.97. The highest BCUT2D eigenvalue weighted by molar-refractivity contribution is 9.10. The van der Waals surface area contributed by atoms with E-state index < -0.39 is 0 Å². The van der Waals surface area contributed by atoms with Crippen molar-refractivity contribution in [1.29, 1.82) is 0 Å². The lowest BCUT2D eigenvalue weighted by molar-refractivity contribution is 1.50. The standard InChI is InChI=1S/C7H4BrNS/c8-5-1-2-6-7(3-5)10-4-9-6/h1-4H. The molecule has 0 fully saturated rings. The van der Waals surface area contributed by atoms with Gasteiger partial charge in [0.15, 0.2) is 0 Å². The number of hydrogen-bond donors (Lipinski definition) is 0. The predicted octanol–water partition coefficient (Wildman–Crippen LogP) is 3.06. The van der Waals surface area contributed by atoms with Gasteiger partial charge in [-0.25, -0.2) is 4.98 Å². The Balaban J connectivity index is 2.86. The molecule has 0 spiro atoms. The van der Waals surface area contributed by atoms with Crippen molar-refractivity contribution in [3.63, 3.8) is 0 Å². The van der Waals surface area contributed by atoms with Crippen molar-refractivity contribution in [1.82, 2.24) is 4.98 Å². The Hall–Kier alpha value is -0.410. The number of hydrogen-bond acceptors (Lipinski definition) is 2. The largest absolute Gasteiger partial charge is 0.245 e. The summed E-state index contributed by atoms with van der Waals surface area (Å²) >= 11 is 5.06. The molecule has 1 heterocycles. The summed E-state index contributed by atoms with van der Waals surface area (Å²) in [6.45, 7) is 0. The SMILES string of the molecule is Brc1ccc2ncsc2c1. The summed E-state index contributed by atoms with van der Waals surface area (Å²) in [5.41, 5.74) is 2.94. The first-order chi connectivity index (χ1) is 4.86. The zero-order valence-corrected chi connectivity index (χ0v) is 7.45. The van der Waals surface area contributed by atoms with Crippen LogP contribution < -0.4 is 0 Å². The van der Waals surface area contributed by atoms with Gasteiger partial charge in [0.2, 0.25) is 0 Å². The third kappa shape index (κ3) is 0.954. The molecule has 0 saturated heterocycles. The van der Waals surface area contributed by atoms with Crippen LogP contribution >= 0.6 is 27.3 Å². The lowest BCUT2D eigenvalue weighted by Gasteiger charge is -1.87. The summed E-state index contributed by atoms with van der Waals surface area (Å²) in [6, 6.07) is 6.09. The molecule has 0 aliphatic carbocycles. The second-order valence-corrected chi connectivity index (χ2v) is 3.77. The fourth-order valence-corrected chi connectivity index (χ4v) is 2.06. The molecule has 0 atom stereocenters. The molecule has 0 N–H and O–H groups in total. The molecule has 0 aliphatic heterocycles. The van der Waals surface area contributed by atoms with Gasteiger partial charge in [0.1, 0.15) is 0 Å². The molecule has 0 unspecified atom stereocenters. The van der Waals surface area contributed by atoms with Crippen LogP contribution in [0.3, 0.4) is 0 Å². The Morgan fingerprint density at radius 1 is 1.40 bits per heavy atom. The summed E-state index contributed by atoms with van der Waals surface area (Å²) in [7, 11) is 0. The summed E-state index contributed by atoms with van der Waals surface area (Å²) in [5.74, 6) is 0. The minimum absolute atomic E-state index is 1.08. The molecule has 1 nitrogen and oxygen atoms in total. The lowest BCUT2D eigenvalue weighted by atomic mass is 10.3. The fourth-order valence-electron chi connectivity index (χ4n) is 0.829. The number of nitrogens with zero attached hydrogens (tertiary/aromatic N) is 1. The van der Waals surface area contributed by atoms with Crippen molar-refractivity contribution < 1.29 is 0 Å². The third-order valence-corrected chi connectivity index (χ3v) is 2.58. The monoisotopic (exact) mass is 213 g/mol. The van der Waals surface area contributed by atoms with Gasteiger partial charge in [-0.15, -0.1) is 11.3 Å². The molecule has 10 heavy (non-hydrogen) atoms. The van der Waals surface area contributed by atoms with Gasteiger partial charge in [0.25, 0.3) is 0 Å². The van der Waals surface area contributed by atoms with Gasteiger partial charge >= 0.3 is 0 Å². The Morgan fingerprint density at radius 2 is 2.30 bits per heavy atom. The van der Waals surface area contributed by atoms with Crippen molar-refractivity contribution in [2.45, 2.75) is 0 Å². The van der Waals surface area contributed by atoms with Crippen LogP contribution in [-0.4, -0.2) is 4.98 Å².